The number of esters is 1. The molecule has 1 atom stereocenters. The van der Waals surface area contributed by atoms with E-state index in [-0.39, 0.29) is 22.1 Å². The monoisotopic (exact) mass is 456 g/mol. The van der Waals surface area contributed by atoms with Crippen LogP contribution < -0.4 is 5.32 Å². The van der Waals surface area contributed by atoms with Crippen molar-refractivity contribution in [1.29, 1.82) is 0 Å². The van der Waals surface area contributed by atoms with E-state index in [2.05, 4.69) is 10.4 Å². The Kier molecular flexibility index (Phi) is 6.89. The molecule has 1 unspecified atom stereocenters. The Labute approximate surface area is 189 Å². The number of benzene rings is 2. The predicted molar refractivity (Wildman–Crippen MR) is 119 cm³/mol. The zero-order chi connectivity index (χ0) is 23.4. The molecule has 32 heavy (non-hydrogen) atoms. The Balaban J connectivity index is 1.71. The van der Waals surface area contributed by atoms with E-state index < -0.39 is 22.9 Å². The molecular weight excluding hydrogens is 436 g/mol. The van der Waals surface area contributed by atoms with Gasteiger partial charge in [0.25, 0.3) is 11.6 Å². The molecule has 1 N–H and O–H groups in total. The van der Waals surface area contributed by atoms with Gasteiger partial charge in [-0.25, -0.2) is 9.48 Å². The molecule has 1 aromatic heterocycles. The van der Waals surface area contributed by atoms with Crippen LogP contribution in [0.15, 0.2) is 48.5 Å². The van der Waals surface area contributed by atoms with E-state index in [0.717, 1.165) is 11.1 Å². The van der Waals surface area contributed by atoms with Crippen molar-refractivity contribution in [2.75, 3.05) is 5.32 Å². The Morgan fingerprint density at radius 2 is 1.84 bits per heavy atom. The molecule has 1 amide bonds. The number of aryl methyl sites for hydroxylation is 2. The molecule has 3 rings (SSSR count). The number of hydrogen-bond donors (Lipinski definition) is 1. The molecule has 166 valence electrons. The lowest BCUT2D eigenvalue weighted by atomic mass is 10.1. The van der Waals surface area contributed by atoms with Crippen molar-refractivity contribution in [3.05, 3.63) is 86.2 Å². The van der Waals surface area contributed by atoms with E-state index in [9.17, 15) is 19.7 Å². The largest absolute Gasteiger partial charge is 0.449 e. The SMILES string of the molecule is Cc1ccc(Cn2nc(C)c(C(=O)OC(C)C(=O)Nc3ccccc3[N+](=O)[O-])c2Cl)cc1. The molecule has 0 saturated carbocycles. The van der Waals surface area contributed by atoms with Gasteiger partial charge in [-0.05, 0) is 32.4 Å². The predicted octanol–water partition coefficient (Wildman–Crippen LogP) is 4.29. The highest BCUT2D eigenvalue weighted by Crippen LogP contribution is 2.25. The zero-order valence-corrected chi connectivity index (χ0v) is 18.4. The number of amides is 1. The van der Waals surface area contributed by atoms with Gasteiger partial charge in [-0.2, -0.15) is 5.10 Å². The summed E-state index contributed by atoms with van der Waals surface area (Å²) >= 11 is 6.38. The first-order valence-corrected chi connectivity index (χ1v) is 10.1. The summed E-state index contributed by atoms with van der Waals surface area (Å²) < 4.78 is 6.74. The minimum atomic E-state index is -1.22. The molecule has 0 spiro atoms. The van der Waals surface area contributed by atoms with Crippen molar-refractivity contribution < 1.29 is 19.2 Å². The Morgan fingerprint density at radius 3 is 2.50 bits per heavy atom. The fourth-order valence-electron chi connectivity index (χ4n) is 3.00. The molecule has 9 nitrogen and oxygen atoms in total. The second-order valence-corrected chi connectivity index (χ2v) is 7.56. The normalized spacial score (nSPS) is 11.6. The molecular formula is C22H21ClN4O5. The molecule has 1 heterocycles. The summed E-state index contributed by atoms with van der Waals surface area (Å²) in [6.07, 6.45) is -1.22. The second kappa shape index (κ2) is 9.61. The van der Waals surface area contributed by atoms with Gasteiger partial charge in [-0.1, -0.05) is 53.6 Å². The van der Waals surface area contributed by atoms with Gasteiger partial charge in [-0.15, -0.1) is 0 Å². The van der Waals surface area contributed by atoms with Crippen molar-refractivity contribution in [3.8, 4) is 0 Å². The number of anilines is 1. The van der Waals surface area contributed by atoms with Gasteiger partial charge in [-0.3, -0.25) is 14.9 Å². The number of nitro benzene ring substituents is 1. The van der Waals surface area contributed by atoms with Crippen LogP contribution in [-0.2, 0) is 16.1 Å². The summed E-state index contributed by atoms with van der Waals surface area (Å²) in [5.74, 6) is -1.53. The van der Waals surface area contributed by atoms with Gasteiger partial charge in [0.15, 0.2) is 6.10 Å². The van der Waals surface area contributed by atoms with Gasteiger partial charge in [0.1, 0.15) is 16.4 Å². The minimum absolute atomic E-state index is 0.00512. The molecule has 0 aliphatic heterocycles. The Hall–Kier alpha value is -3.72. The van der Waals surface area contributed by atoms with E-state index >= 15 is 0 Å². The van der Waals surface area contributed by atoms with E-state index in [4.69, 9.17) is 16.3 Å². The fourth-order valence-corrected chi connectivity index (χ4v) is 3.31. The lowest BCUT2D eigenvalue weighted by Crippen LogP contribution is -2.30. The van der Waals surface area contributed by atoms with Crippen molar-refractivity contribution in [1.82, 2.24) is 9.78 Å². The van der Waals surface area contributed by atoms with E-state index in [0.29, 0.717) is 12.2 Å². The van der Waals surface area contributed by atoms with Crippen molar-refractivity contribution in [3.63, 3.8) is 0 Å². The van der Waals surface area contributed by atoms with E-state index in [1.165, 1.54) is 29.8 Å². The van der Waals surface area contributed by atoms with Gasteiger partial charge in [0, 0.05) is 6.07 Å². The van der Waals surface area contributed by atoms with Crippen LogP contribution in [0, 0.1) is 24.0 Å². The topological polar surface area (TPSA) is 116 Å². The van der Waals surface area contributed by atoms with Crippen LogP contribution in [0.5, 0.6) is 0 Å². The highest BCUT2D eigenvalue weighted by Gasteiger charge is 2.27. The third kappa shape index (κ3) is 5.12. The lowest BCUT2D eigenvalue weighted by molar-refractivity contribution is -0.383. The van der Waals surface area contributed by atoms with Crippen LogP contribution in [-0.4, -0.2) is 32.7 Å². The number of hydrogen-bond acceptors (Lipinski definition) is 6. The first-order valence-electron chi connectivity index (χ1n) is 9.71. The summed E-state index contributed by atoms with van der Waals surface area (Å²) in [6.45, 7) is 5.32. The van der Waals surface area contributed by atoms with Gasteiger partial charge in [0.2, 0.25) is 0 Å². The first-order chi connectivity index (χ1) is 15.2. The number of nitrogens with one attached hydrogen (secondary N) is 1. The molecule has 10 heteroatoms. The highest BCUT2D eigenvalue weighted by atomic mass is 35.5. The number of aromatic nitrogens is 2. The first kappa shape index (κ1) is 23.0. The second-order valence-electron chi connectivity index (χ2n) is 7.21. The highest BCUT2D eigenvalue weighted by molar-refractivity contribution is 6.32. The summed E-state index contributed by atoms with van der Waals surface area (Å²) in [5.41, 5.74) is 2.23. The zero-order valence-electron chi connectivity index (χ0n) is 17.7. The average Bonchev–Trinajstić information content (AvgIpc) is 3.02. The van der Waals surface area contributed by atoms with Gasteiger partial charge < -0.3 is 10.1 Å². The van der Waals surface area contributed by atoms with Crippen LogP contribution in [0.3, 0.4) is 0 Å². The molecule has 3 aromatic rings. The third-order valence-corrected chi connectivity index (χ3v) is 5.12. The number of ether oxygens (including phenoxy) is 1. The number of nitrogens with zero attached hydrogens (tertiary/aromatic N) is 3. The number of carbonyl (C=O) groups excluding carboxylic acids is 2. The molecule has 0 radical (unpaired) electrons. The summed E-state index contributed by atoms with van der Waals surface area (Å²) in [7, 11) is 0. The van der Waals surface area contributed by atoms with E-state index in [1.807, 2.05) is 31.2 Å². The molecule has 0 saturated heterocycles. The number of carbonyl (C=O) groups is 2. The minimum Gasteiger partial charge on any atom is -0.449 e. The maximum absolute atomic E-state index is 12.7. The number of para-hydroxylation sites is 2. The van der Waals surface area contributed by atoms with Crippen LogP contribution in [0.25, 0.3) is 0 Å². The average molecular weight is 457 g/mol. The summed E-state index contributed by atoms with van der Waals surface area (Å²) in [5, 5.41) is 17.9. The maximum atomic E-state index is 12.7. The number of nitro groups is 1. The lowest BCUT2D eigenvalue weighted by Gasteiger charge is -2.13. The van der Waals surface area contributed by atoms with Crippen molar-refractivity contribution in [2.24, 2.45) is 0 Å². The number of rotatable bonds is 7. The van der Waals surface area contributed by atoms with Gasteiger partial charge in [0.05, 0.1) is 17.2 Å². The van der Waals surface area contributed by atoms with Crippen LogP contribution in [0.2, 0.25) is 5.15 Å². The van der Waals surface area contributed by atoms with Crippen LogP contribution >= 0.6 is 11.6 Å². The third-order valence-electron chi connectivity index (χ3n) is 4.73. The van der Waals surface area contributed by atoms with Crippen LogP contribution in [0.1, 0.15) is 34.1 Å². The van der Waals surface area contributed by atoms with Crippen LogP contribution in [0.4, 0.5) is 11.4 Å². The quantitative estimate of drug-likeness (QED) is 0.322. The van der Waals surface area contributed by atoms with Crippen molar-refractivity contribution >= 4 is 34.9 Å². The summed E-state index contributed by atoms with van der Waals surface area (Å²) in [6, 6.07) is 13.5. The Bertz CT molecular complexity index is 1170. The molecule has 0 aliphatic rings. The van der Waals surface area contributed by atoms with Gasteiger partial charge >= 0.3 is 5.97 Å². The number of halogens is 1. The maximum Gasteiger partial charge on any atom is 0.343 e. The fraction of sp³-hybridized carbons (Fsp3) is 0.227. The molecule has 0 aliphatic carbocycles. The molecule has 0 bridgehead atoms. The van der Waals surface area contributed by atoms with E-state index in [1.54, 1.807) is 13.0 Å². The smallest absolute Gasteiger partial charge is 0.343 e. The Morgan fingerprint density at radius 1 is 1.19 bits per heavy atom. The van der Waals surface area contributed by atoms with Crippen molar-refractivity contribution in [2.45, 2.75) is 33.4 Å². The summed E-state index contributed by atoms with van der Waals surface area (Å²) in [4.78, 5) is 35.6. The standard InChI is InChI=1S/C22H21ClN4O5/c1-13-8-10-16(11-9-13)12-26-20(23)19(14(2)25-26)22(29)32-15(3)21(28)24-17-6-4-5-7-18(17)27(30)31/h4-11,15H,12H2,1-3H3,(H,24,28). The molecule has 0 fully saturated rings. The molecule has 2 aromatic carbocycles.